The van der Waals surface area contributed by atoms with Gasteiger partial charge in [0.2, 0.25) is 5.75 Å². The molecule has 2 amide bonds. The predicted octanol–water partition coefficient (Wildman–Crippen LogP) is 3.84. The van der Waals surface area contributed by atoms with Gasteiger partial charge in [-0.3, -0.25) is 14.5 Å². The summed E-state index contributed by atoms with van der Waals surface area (Å²) in [5.41, 5.74) is 0.690. The molecule has 146 valence electrons. The van der Waals surface area contributed by atoms with E-state index in [0.717, 1.165) is 4.88 Å². The normalized spacial score (nSPS) is 16.5. The van der Waals surface area contributed by atoms with Crippen molar-refractivity contribution in [1.82, 2.24) is 4.90 Å². The number of methoxy groups -OCH3 is 3. The first-order valence-corrected chi connectivity index (χ1v) is 9.52. The number of imide groups is 1. The van der Waals surface area contributed by atoms with E-state index in [2.05, 4.69) is 0 Å². The highest BCUT2D eigenvalue weighted by Gasteiger charge is 2.30. The molecule has 0 saturated heterocycles. The summed E-state index contributed by atoms with van der Waals surface area (Å²) in [6.45, 7) is 0. The highest BCUT2D eigenvalue weighted by molar-refractivity contribution is 7.10. The van der Waals surface area contributed by atoms with Crippen molar-refractivity contribution in [3.05, 3.63) is 58.3 Å². The van der Waals surface area contributed by atoms with Crippen molar-refractivity contribution >= 4 is 29.2 Å². The second-order valence-corrected chi connectivity index (χ2v) is 6.99. The van der Waals surface area contributed by atoms with E-state index in [0.29, 0.717) is 29.2 Å². The third-order valence-electron chi connectivity index (χ3n) is 4.38. The fourth-order valence-corrected chi connectivity index (χ4v) is 3.90. The van der Waals surface area contributed by atoms with Gasteiger partial charge in [-0.05, 0) is 47.7 Å². The lowest BCUT2D eigenvalue weighted by Gasteiger charge is -2.29. The molecule has 0 radical (unpaired) electrons. The Balaban J connectivity index is 1.88. The molecule has 28 heavy (non-hydrogen) atoms. The summed E-state index contributed by atoms with van der Waals surface area (Å²) in [5.74, 6) is 0.762. The summed E-state index contributed by atoms with van der Waals surface area (Å²) in [6.07, 6.45) is 6.87. The SMILES string of the molecule is COc1cc(C=CC(=O)N2C(=O)C=CCC2c2cccs2)cc(OC)c1OC. The highest BCUT2D eigenvalue weighted by atomic mass is 32.1. The molecule has 6 nitrogen and oxygen atoms in total. The molecule has 1 aromatic heterocycles. The average Bonchev–Trinajstić information content (AvgIpc) is 3.25. The van der Waals surface area contributed by atoms with Crippen LogP contribution in [0.4, 0.5) is 0 Å². The number of carbonyl (C=O) groups is 2. The first-order chi connectivity index (χ1) is 13.6. The van der Waals surface area contributed by atoms with Gasteiger partial charge in [0.1, 0.15) is 0 Å². The van der Waals surface area contributed by atoms with E-state index in [1.165, 1.54) is 49.7 Å². The van der Waals surface area contributed by atoms with Gasteiger partial charge in [-0.25, -0.2) is 0 Å². The maximum atomic E-state index is 12.8. The molecule has 7 heteroatoms. The van der Waals surface area contributed by atoms with Gasteiger partial charge in [0.05, 0.1) is 27.4 Å². The maximum Gasteiger partial charge on any atom is 0.254 e. The zero-order valence-electron chi connectivity index (χ0n) is 15.9. The topological polar surface area (TPSA) is 65.1 Å². The standard InChI is InChI=1S/C21H21NO5S/c1-25-16-12-14(13-17(26-2)21(16)27-3)9-10-20(24)22-15(6-4-8-19(22)23)18-7-5-11-28-18/h4-5,7-13,15H,6H2,1-3H3. The number of ether oxygens (including phenoxy) is 3. The van der Waals surface area contributed by atoms with Crippen LogP contribution in [0.2, 0.25) is 0 Å². The van der Waals surface area contributed by atoms with E-state index in [4.69, 9.17) is 14.2 Å². The Morgan fingerprint density at radius 2 is 1.89 bits per heavy atom. The van der Waals surface area contributed by atoms with E-state index in [9.17, 15) is 9.59 Å². The lowest BCUT2D eigenvalue weighted by Crippen LogP contribution is -2.39. The van der Waals surface area contributed by atoms with Crippen molar-refractivity contribution < 1.29 is 23.8 Å². The van der Waals surface area contributed by atoms with Crippen LogP contribution in [0.25, 0.3) is 6.08 Å². The Kier molecular flexibility index (Phi) is 6.16. The summed E-state index contributed by atoms with van der Waals surface area (Å²) >= 11 is 1.53. The van der Waals surface area contributed by atoms with Gasteiger partial charge in [0.25, 0.3) is 11.8 Å². The van der Waals surface area contributed by atoms with Crippen molar-refractivity contribution in [2.24, 2.45) is 0 Å². The van der Waals surface area contributed by atoms with Gasteiger partial charge in [0, 0.05) is 11.0 Å². The molecular weight excluding hydrogens is 378 g/mol. The van der Waals surface area contributed by atoms with Gasteiger partial charge in [-0.2, -0.15) is 0 Å². The zero-order chi connectivity index (χ0) is 20.1. The Morgan fingerprint density at radius 3 is 2.46 bits per heavy atom. The first-order valence-electron chi connectivity index (χ1n) is 8.64. The van der Waals surface area contributed by atoms with Gasteiger partial charge in [-0.1, -0.05) is 12.1 Å². The van der Waals surface area contributed by atoms with E-state index in [-0.39, 0.29) is 17.9 Å². The number of rotatable bonds is 6. The van der Waals surface area contributed by atoms with Crippen molar-refractivity contribution in [2.45, 2.75) is 12.5 Å². The Morgan fingerprint density at radius 1 is 1.18 bits per heavy atom. The van der Waals surface area contributed by atoms with Crippen LogP contribution in [-0.2, 0) is 9.59 Å². The molecule has 0 fully saturated rings. The minimum absolute atomic E-state index is 0.283. The lowest BCUT2D eigenvalue weighted by atomic mass is 10.1. The fourth-order valence-electron chi connectivity index (χ4n) is 3.07. The summed E-state index contributed by atoms with van der Waals surface area (Å²) in [7, 11) is 4.58. The molecule has 0 saturated carbocycles. The van der Waals surface area contributed by atoms with Crippen LogP contribution in [0.15, 0.2) is 47.9 Å². The van der Waals surface area contributed by atoms with E-state index >= 15 is 0 Å². The minimum atomic E-state index is -0.374. The quantitative estimate of drug-likeness (QED) is 0.691. The molecule has 3 rings (SSSR count). The molecule has 0 N–H and O–H groups in total. The summed E-state index contributed by atoms with van der Waals surface area (Å²) in [4.78, 5) is 27.5. The lowest BCUT2D eigenvalue weighted by molar-refractivity contribution is -0.142. The number of amides is 2. The molecule has 1 atom stereocenters. The van der Waals surface area contributed by atoms with Gasteiger partial charge >= 0.3 is 0 Å². The largest absolute Gasteiger partial charge is 0.493 e. The third-order valence-corrected chi connectivity index (χ3v) is 5.36. The minimum Gasteiger partial charge on any atom is -0.493 e. The van der Waals surface area contributed by atoms with Gasteiger partial charge in [0.15, 0.2) is 11.5 Å². The molecule has 0 bridgehead atoms. The maximum absolute atomic E-state index is 12.8. The predicted molar refractivity (Wildman–Crippen MR) is 108 cm³/mol. The molecule has 2 aromatic rings. The van der Waals surface area contributed by atoms with Crippen LogP contribution in [0, 0.1) is 0 Å². The number of hydrogen-bond acceptors (Lipinski definition) is 6. The molecule has 0 spiro atoms. The number of carbonyl (C=O) groups excluding carboxylic acids is 2. The number of nitrogens with zero attached hydrogens (tertiary/aromatic N) is 1. The Labute approximate surface area is 167 Å². The highest BCUT2D eigenvalue weighted by Crippen LogP contribution is 2.38. The number of hydrogen-bond donors (Lipinski definition) is 0. The van der Waals surface area contributed by atoms with Crippen molar-refractivity contribution in [1.29, 1.82) is 0 Å². The van der Waals surface area contributed by atoms with Crippen LogP contribution < -0.4 is 14.2 Å². The second-order valence-electron chi connectivity index (χ2n) is 6.01. The van der Waals surface area contributed by atoms with E-state index in [1.807, 2.05) is 17.5 Å². The molecule has 0 aliphatic carbocycles. The van der Waals surface area contributed by atoms with Crippen LogP contribution in [0.3, 0.4) is 0 Å². The van der Waals surface area contributed by atoms with Crippen LogP contribution in [0.1, 0.15) is 22.9 Å². The van der Waals surface area contributed by atoms with Crippen molar-refractivity contribution in [3.63, 3.8) is 0 Å². The van der Waals surface area contributed by atoms with Crippen molar-refractivity contribution in [2.75, 3.05) is 21.3 Å². The smallest absolute Gasteiger partial charge is 0.254 e. The second kappa shape index (κ2) is 8.75. The molecule has 2 heterocycles. The Bertz CT molecular complexity index is 892. The van der Waals surface area contributed by atoms with Gasteiger partial charge < -0.3 is 14.2 Å². The van der Waals surface area contributed by atoms with Crippen LogP contribution in [0.5, 0.6) is 17.2 Å². The van der Waals surface area contributed by atoms with Crippen molar-refractivity contribution in [3.8, 4) is 17.2 Å². The zero-order valence-corrected chi connectivity index (χ0v) is 16.7. The molecule has 1 aliphatic rings. The average molecular weight is 399 g/mol. The summed E-state index contributed by atoms with van der Waals surface area (Å²) in [5, 5.41) is 1.94. The fraction of sp³-hybridized carbons (Fsp3) is 0.238. The third kappa shape index (κ3) is 3.94. The molecular formula is C21H21NO5S. The summed E-state index contributed by atoms with van der Waals surface area (Å²) in [6, 6.07) is 7.04. The summed E-state index contributed by atoms with van der Waals surface area (Å²) < 4.78 is 16.0. The number of thiophene rings is 1. The van der Waals surface area contributed by atoms with Crippen LogP contribution in [-0.4, -0.2) is 38.0 Å². The van der Waals surface area contributed by atoms with Gasteiger partial charge in [-0.15, -0.1) is 11.3 Å². The molecule has 1 unspecified atom stereocenters. The molecule has 1 aliphatic heterocycles. The number of benzene rings is 1. The molecule has 1 aromatic carbocycles. The van der Waals surface area contributed by atoms with E-state index in [1.54, 1.807) is 24.3 Å². The Hall–Kier alpha value is -3.06. The van der Waals surface area contributed by atoms with E-state index < -0.39 is 0 Å². The monoisotopic (exact) mass is 399 g/mol. The first kappa shape index (κ1) is 19.7. The van der Waals surface area contributed by atoms with Crippen LogP contribution >= 0.6 is 11.3 Å².